The first-order valence-electron chi connectivity index (χ1n) is 6.84. The van der Waals surface area contributed by atoms with Crippen molar-refractivity contribution >= 4 is 22.6 Å². The number of carbonyl (C=O) groups excluding carboxylic acids is 1. The summed E-state index contributed by atoms with van der Waals surface area (Å²) >= 11 is 0. The number of ether oxygens (including phenoxy) is 1. The number of nitrogens with zero attached hydrogens (tertiary/aromatic N) is 2. The predicted octanol–water partition coefficient (Wildman–Crippen LogP) is 3.49. The first kappa shape index (κ1) is 14.9. The molecule has 0 saturated heterocycles. The fourth-order valence-electron chi connectivity index (χ4n) is 2.00. The van der Waals surface area contributed by atoms with Gasteiger partial charge in [0.2, 0.25) is 0 Å². The number of nitro groups is 1. The highest BCUT2D eigenvalue weighted by Gasteiger charge is 2.19. The maximum absolute atomic E-state index is 11.9. The van der Waals surface area contributed by atoms with E-state index in [1.807, 2.05) is 0 Å². The van der Waals surface area contributed by atoms with Crippen molar-refractivity contribution in [2.24, 2.45) is 0 Å². The van der Waals surface area contributed by atoms with Gasteiger partial charge in [-0.25, -0.2) is 9.78 Å². The van der Waals surface area contributed by atoms with Crippen molar-refractivity contribution in [3.63, 3.8) is 0 Å². The van der Waals surface area contributed by atoms with Gasteiger partial charge in [-0.15, -0.1) is 0 Å². The molecule has 0 saturated carbocycles. The first-order valence-corrected chi connectivity index (χ1v) is 6.84. The monoisotopic (exact) mass is 288 g/mol. The molecule has 0 spiro atoms. The number of rotatable bonds is 6. The lowest BCUT2D eigenvalue weighted by Crippen LogP contribution is -2.09. The second-order valence-electron chi connectivity index (χ2n) is 4.64. The molecule has 1 heterocycles. The van der Waals surface area contributed by atoms with E-state index < -0.39 is 10.9 Å². The van der Waals surface area contributed by atoms with Crippen molar-refractivity contribution < 1.29 is 14.5 Å². The molecule has 110 valence electrons. The molecule has 2 aromatic rings. The number of pyridine rings is 1. The number of unbranched alkanes of at least 4 members (excludes halogenated alkanes) is 2. The number of fused-ring (bicyclic) bond motifs is 1. The van der Waals surface area contributed by atoms with Crippen LogP contribution in [0.4, 0.5) is 5.69 Å². The van der Waals surface area contributed by atoms with Gasteiger partial charge in [0.15, 0.2) is 5.69 Å². The smallest absolute Gasteiger partial charge is 0.357 e. The van der Waals surface area contributed by atoms with Crippen LogP contribution in [0.2, 0.25) is 0 Å². The average molecular weight is 288 g/mol. The standard InChI is InChI=1S/C15H16N2O4/c1-2-3-6-9-21-15(18)13-10-14(17(19)20)11-7-4-5-8-12(11)16-13/h4-5,7-8,10H,2-3,6,9H2,1H3. The fourth-order valence-corrected chi connectivity index (χ4v) is 2.00. The summed E-state index contributed by atoms with van der Waals surface area (Å²) in [6.07, 6.45) is 2.77. The lowest BCUT2D eigenvalue weighted by atomic mass is 10.1. The number of esters is 1. The summed E-state index contributed by atoms with van der Waals surface area (Å²) in [7, 11) is 0. The quantitative estimate of drug-likeness (QED) is 0.351. The predicted molar refractivity (Wildman–Crippen MR) is 78.2 cm³/mol. The van der Waals surface area contributed by atoms with Gasteiger partial charge in [0.1, 0.15) is 0 Å². The van der Waals surface area contributed by atoms with Crippen molar-refractivity contribution in [3.8, 4) is 0 Å². The number of aromatic nitrogens is 1. The molecule has 0 unspecified atom stereocenters. The first-order chi connectivity index (χ1) is 10.1. The Morgan fingerprint density at radius 3 is 2.81 bits per heavy atom. The van der Waals surface area contributed by atoms with Crippen LogP contribution in [-0.4, -0.2) is 22.5 Å². The maximum atomic E-state index is 11.9. The molecular weight excluding hydrogens is 272 g/mol. The highest BCUT2D eigenvalue weighted by atomic mass is 16.6. The van der Waals surface area contributed by atoms with Gasteiger partial charge in [-0.1, -0.05) is 31.9 Å². The molecule has 0 aliphatic carbocycles. The molecule has 0 bridgehead atoms. The molecule has 1 aromatic carbocycles. The van der Waals surface area contributed by atoms with E-state index in [2.05, 4.69) is 11.9 Å². The lowest BCUT2D eigenvalue weighted by molar-refractivity contribution is -0.383. The Kier molecular flexibility index (Phi) is 4.81. The third kappa shape index (κ3) is 3.53. The summed E-state index contributed by atoms with van der Waals surface area (Å²) in [6.45, 7) is 2.35. The number of hydrogen-bond donors (Lipinski definition) is 0. The van der Waals surface area contributed by atoms with Gasteiger partial charge in [-0.05, 0) is 18.6 Å². The van der Waals surface area contributed by atoms with Crippen LogP contribution < -0.4 is 0 Å². The van der Waals surface area contributed by atoms with Crippen LogP contribution in [0, 0.1) is 10.1 Å². The molecule has 2 rings (SSSR count). The largest absolute Gasteiger partial charge is 0.461 e. The Labute approximate surface area is 121 Å². The van der Waals surface area contributed by atoms with E-state index in [-0.39, 0.29) is 11.4 Å². The van der Waals surface area contributed by atoms with Crippen LogP contribution in [0.3, 0.4) is 0 Å². The van der Waals surface area contributed by atoms with Crippen LogP contribution in [-0.2, 0) is 4.74 Å². The Hall–Kier alpha value is -2.50. The molecule has 0 aliphatic heterocycles. The van der Waals surface area contributed by atoms with Gasteiger partial charge in [0, 0.05) is 6.07 Å². The van der Waals surface area contributed by atoms with Crippen molar-refractivity contribution in [3.05, 3.63) is 46.1 Å². The third-order valence-corrected chi connectivity index (χ3v) is 3.08. The van der Waals surface area contributed by atoms with E-state index in [1.165, 1.54) is 6.07 Å². The number of benzene rings is 1. The number of carbonyl (C=O) groups is 1. The van der Waals surface area contributed by atoms with Crippen molar-refractivity contribution in [2.75, 3.05) is 6.61 Å². The fraction of sp³-hybridized carbons (Fsp3) is 0.333. The Bertz CT molecular complexity index is 670. The van der Waals surface area contributed by atoms with Crippen molar-refractivity contribution in [2.45, 2.75) is 26.2 Å². The highest BCUT2D eigenvalue weighted by Crippen LogP contribution is 2.25. The van der Waals surface area contributed by atoms with E-state index >= 15 is 0 Å². The van der Waals surface area contributed by atoms with Gasteiger partial charge in [-0.3, -0.25) is 10.1 Å². The summed E-state index contributed by atoms with van der Waals surface area (Å²) in [5.74, 6) is -0.625. The molecule has 1 aromatic heterocycles. The van der Waals surface area contributed by atoms with E-state index in [1.54, 1.807) is 24.3 Å². The maximum Gasteiger partial charge on any atom is 0.357 e. The highest BCUT2D eigenvalue weighted by molar-refractivity contribution is 5.95. The van der Waals surface area contributed by atoms with E-state index in [0.29, 0.717) is 17.5 Å². The third-order valence-electron chi connectivity index (χ3n) is 3.08. The molecule has 6 nitrogen and oxygen atoms in total. The van der Waals surface area contributed by atoms with Crippen LogP contribution in [0.25, 0.3) is 10.9 Å². The number of para-hydroxylation sites is 1. The zero-order chi connectivity index (χ0) is 15.2. The minimum absolute atomic E-state index is 0.0306. The van der Waals surface area contributed by atoms with Crippen LogP contribution in [0.15, 0.2) is 30.3 Å². The summed E-state index contributed by atoms with van der Waals surface area (Å²) in [4.78, 5) is 26.7. The lowest BCUT2D eigenvalue weighted by Gasteiger charge is -2.05. The van der Waals surface area contributed by atoms with Gasteiger partial charge in [0.05, 0.1) is 22.4 Å². The minimum Gasteiger partial charge on any atom is -0.461 e. The zero-order valence-electron chi connectivity index (χ0n) is 11.7. The van der Waals surface area contributed by atoms with Crippen LogP contribution in [0.5, 0.6) is 0 Å². The van der Waals surface area contributed by atoms with Gasteiger partial charge in [0.25, 0.3) is 5.69 Å². The van der Waals surface area contributed by atoms with Crippen LogP contribution in [0.1, 0.15) is 36.7 Å². The normalized spacial score (nSPS) is 10.5. The number of hydrogen-bond acceptors (Lipinski definition) is 5. The van der Waals surface area contributed by atoms with E-state index in [4.69, 9.17) is 4.74 Å². The molecule has 0 fully saturated rings. The topological polar surface area (TPSA) is 82.3 Å². The van der Waals surface area contributed by atoms with Crippen molar-refractivity contribution in [1.29, 1.82) is 0 Å². The molecular formula is C15H16N2O4. The zero-order valence-corrected chi connectivity index (χ0v) is 11.7. The Morgan fingerprint density at radius 2 is 2.10 bits per heavy atom. The van der Waals surface area contributed by atoms with Gasteiger partial charge >= 0.3 is 5.97 Å². The van der Waals surface area contributed by atoms with Gasteiger partial charge in [-0.2, -0.15) is 0 Å². The van der Waals surface area contributed by atoms with Crippen LogP contribution >= 0.6 is 0 Å². The Morgan fingerprint density at radius 1 is 1.33 bits per heavy atom. The molecule has 0 aliphatic rings. The molecule has 0 N–H and O–H groups in total. The van der Waals surface area contributed by atoms with E-state index in [9.17, 15) is 14.9 Å². The summed E-state index contributed by atoms with van der Waals surface area (Å²) in [6, 6.07) is 7.83. The molecule has 0 atom stereocenters. The summed E-state index contributed by atoms with van der Waals surface area (Å²) < 4.78 is 5.09. The summed E-state index contributed by atoms with van der Waals surface area (Å²) in [5, 5.41) is 11.5. The van der Waals surface area contributed by atoms with Gasteiger partial charge < -0.3 is 4.74 Å². The second-order valence-corrected chi connectivity index (χ2v) is 4.64. The Balaban J connectivity index is 2.28. The second kappa shape index (κ2) is 6.78. The van der Waals surface area contributed by atoms with E-state index in [0.717, 1.165) is 19.3 Å². The average Bonchev–Trinajstić information content (AvgIpc) is 2.50. The SMILES string of the molecule is CCCCCOC(=O)c1cc([N+](=O)[O-])c2ccccc2n1. The molecule has 6 heteroatoms. The molecule has 0 amide bonds. The summed E-state index contributed by atoms with van der Waals surface area (Å²) in [5.41, 5.74) is 0.241. The molecule has 0 radical (unpaired) electrons. The van der Waals surface area contributed by atoms with Crippen molar-refractivity contribution in [1.82, 2.24) is 4.98 Å². The minimum atomic E-state index is -0.625. The molecule has 21 heavy (non-hydrogen) atoms.